The molecule has 6 heteroatoms. The molecule has 2 atom stereocenters. The minimum Gasteiger partial charge on any atom is -0.466 e. The molecule has 2 unspecified atom stereocenters. The lowest BCUT2D eigenvalue weighted by atomic mass is 10.0. The predicted octanol–water partition coefficient (Wildman–Crippen LogP) is 21.6. The smallest absolute Gasteiger partial charge is 0.305 e. The number of esters is 1. The third kappa shape index (κ3) is 59.8. The van der Waals surface area contributed by atoms with Gasteiger partial charge in [0.25, 0.3) is 0 Å². The third-order valence-electron chi connectivity index (χ3n) is 16.1. The molecule has 0 spiro atoms. The van der Waals surface area contributed by atoms with E-state index in [4.69, 9.17) is 4.74 Å². The van der Waals surface area contributed by atoms with Crippen LogP contribution in [0, 0.1) is 0 Å². The van der Waals surface area contributed by atoms with Crippen LogP contribution < -0.4 is 5.32 Å². The van der Waals surface area contributed by atoms with E-state index >= 15 is 0 Å². The van der Waals surface area contributed by atoms with Gasteiger partial charge < -0.3 is 20.3 Å². The lowest BCUT2D eigenvalue weighted by Gasteiger charge is -2.22. The number of allylic oxidation sites excluding steroid dienone is 2. The van der Waals surface area contributed by atoms with Crippen LogP contribution in [0.3, 0.4) is 0 Å². The molecule has 0 rings (SSSR count). The maximum Gasteiger partial charge on any atom is 0.305 e. The molecule has 0 fully saturated rings. The molecule has 0 radical (unpaired) electrons. The summed E-state index contributed by atoms with van der Waals surface area (Å²) in [6.45, 7) is 4.99. The van der Waals surface area contributed by atoms with Crippen LogP contribution in [-0.4, -0.2) is 47.4 Å². The van der Waals surface area contributed by atoms with Crippen LogP contribution in [0.25, 0.3) is 0 Å². The number of rotatable bonds is 64. The van der Waals surface area contributed by atoms with Crippen LogP contribution >= 0.6 is 0 Å². The molecule has 0 saturated heterocycles. The molecule has 0 bridgehead atoms. The first-order chi connectivity index (χ1) is 36.5. The topological polar surface area (TPSA) is 95.9 Å². The summed E-state index contributed by atoms with van der Waals surface area (Å²) in [4.78, 5) is 24.6. The van der Waals surface area contributed by atoms with Gasteiger partial charge in [-0.2, -0.15) is 0 Å². The Balaban J connectivity index is 3.41. The number of hydrogen-bond donors (Lipinski definition) is 3. The van der Waals surface area contributed by atoms with E-state index in [-0.39, 0.29) is 18.5 Å². The van der Waals surface area contributed by atoms with Crippen molar-refractivity contribution in [3.8, 4) is 0 Å². The molecular weight excluding hydrogens is 911 g/mol. The highest BCUT2D eigenvalue weighted by Crippen LogP contribution is 2.19. The van der Waals surface area contributed by atoms with Gasteiger partial charge in [-0.1, -0.05) is 334 Å². The van der Waals surface area contributed by atoms with E-state index in [9.17, 15) is 19.8 Å². The lowest BCUT2D eigenvalue weighted by Crippen LogP contribution is -2.45. The molecule has 0 aliphatic heterocycles. The van der Waals surface area contributed by atoms with Crippen molar-refractivity contribution in [2.75, 3.05) is 13.2 Å². The number of carbonyl (C=O) groups excluding carboxylic acids is 2. The predicted molar refractivity (Wildman–Crippen MR) is 324 cm³/mol. The van der Waals surface area contributed by atoms with Crippen LogP contribution in [0.2, 0.25) is 0 Å². The maximum atomic E-state index is 12.5. The summed E-state index contributed by atoms with van der Waals surface area (Å²) in [5.74, 6) is -0.0247. The molecule has 0 aliphatic rings. The first-order valence-corrected chi connectivity index (χ1v) is 33.9. The lowest BCUT2D eigenvalue weighted by molar-refractivity contribution is -0.143. The van der Waals surface area contributed by atoms with Gasteiger partial charge in [-0.05, 0) is 51.4 Å². The van der Waals surface area contributed by atoms with Crippen LogP contribution in [0.5, 0.6) is 0 Å². The number of amides is 1. The highest BCUT2D eigenvalue weighted by atomic mass is 16.5. The van der Waals surface area contributed by atoms with Crippen molar-refractivity contribution in [2.45, 2.75) is 398 Å². The molecule has 0 aromatic rings. The maximum absolute atomic E-state index is 12.5. The molecule has 0 heterocycles. The number of carbonyl (C=O) groups is 2. The summed E-state index contributed by atoms with van der Waals surface area (Å²) >= 11 is 0. The van der Waals surface area contributed by atoms with E-state index in [2.05, 4.69) is 31.3 Å². The summed E-state index contributed by atoms with van der Waals surface area (Å²) in [6, 6.07) is -0.547. The number of aliphatic hydroxyl groups excluding tert-OH is 2. The van der Waals surface area contributed by atoms with E-state index in [1.807, 2.05) is 0 Å². The summed E-state index contributed by atoms with van der Waals surface area (Å²) in [6.07, 6.45) is 78.1. The number of nitrogens with one attached hydrogen (secondary N) is 1. The van der Waals surface area contributed by atoms with E-state index in [1.165, 1.54) is 315 Å². The van der Waals surface area contributed by atoms with Gasteiger partial charge in [-0.3, -0.25) is 9.59 Å². The van der Waals surface area contributed by atoms with Crippen LogP contribution in [0.15, 0.2) is 12.2 Å². The second-order valence-corrected chi connectivity index (χ2v) is 23.5. The standard InChI is InChI=1S/C68H133NO5/c1-3-5-7-9-11-13-15-17-18-19-20-21-24-27-30-33-37-40-44-48-52-56-60-66(71)65(64-70)69-67(72)61-57-53-49-45-41-38-34-31-28-25-22-23-26-29-32-35-39-43-47-51-55-59-63-74-68(73)62-58-54-50-46-42-36-16-14-12-10-8-6-4-2/h25,28,65-66,70-71H,3-24,26-27,29-64H2,1-2H3,(H,69,72)/b28-25-. The molecule has 6 nitrogen and oxygen atoms in total. The molecule has 3 N–H and O–H groups in total. The Labute approximate surface area is 463 Å². The van der Waals surface area contributed by atoms with Crippen LogP contribution in [0.1, 0.15) is 386 Å². The number of hydrogen-bond acceptors (Lipinski definition) is 5. The Morgan fingerprint density at radius 2 is 0.635 bits per heavy atom. The van der Waals surface area contributed by atoms with Gasteiger partial charge in [0.1, 0.15) is 0 Å². The molecule has 0 aromatic carbocycles. The van der Waals surface area contributed by atoms with Crippen LogP contribution in [0.4, 0.5) is 0 Å². The Bertz CT molecular complexity index is 1110. The van der Waals surface area contributed by atoms with Crippen molar-refractivity contribution >= 4 is 11.9 Å². The molecule has 1 amide bonds. The fraction of sp³-hybridized carbons (Fsp3) is 0.941. The largest absolute Gasteiger partial charge is 0.466 e. The summed E-state index contributed by atoms with van der Waals surface area (Å²) in [7, 11) is 0. The minimum absolute atomic E-state index is 0.0126. The van der Waals surface area contributed by atoms with Gasteiger partial charge in [-0.25, -0.2) is 0 Å². The van der Waals surface area contributed by atoms with Crippen molar-refractivity contribution in [2.24, 2.45) is 0 Å². The summed E-state index contributed by atoms with van der Waals surface area (Å²) in [5.41, 5.74) is 0. The van der Waals surface area contributed by atoms with Crippen molar-refractivity contribution in [1.82, 2.24) is 5.32 Å². The SMILES string of the molecule is CCCCCCCCCCCCCCCCCCCCCCCCC(O)C(CO)NC(=O)CCCCCCCCC/C=C\CCCCCCCCCCCCCOC(=O)CCCCCCCCCCCCCCC. The fourth-order valence-electron chi connectivity index (χ4n) is 10.9. The molecule has 74 heavy (non-hydrogen) atoms. The Morgan fingerprint density at radius 3 is 0.959 bits per heavy atom. The molecule has 0 saturated carbocycles. The number of ether oxygens (including phenoxy) is 1. The summed E-state index contributed by atoms with van der Waals surface area (Å²) < 4.78 is 5.48. The number of aliphatic hydroxyl groups is 2. The average molecular weight is 1040 g/mol. The first kappa shape index (κ1) is 72.6. The van der Waals surface area contributed by atoms with Crippen molar-refractivity contribution in [3.63, 3.8) is 0 Å². The average Bonchev–Trinajstić information content (AvgIpc) is 3.40. The zero-order valence-electron chi connectivity index (χ0n) is 50.4. The number of unbranched alkanes of at least 4 members (excludes halogenated alkanes) is 51. The van der Waals surface area contributed by atoms with Gasteiger partial charge in [0.15, 0.2) is 0 Å². The van der Waals surface area contributed by atoms with Gasteiger partial charge in [0.2, 0.25) is 5.91 Å². The molecule has 0 aromatic heterocycles. The van der Waals surface area contributed by atoms with E-state index in [0.717, 1.165) is 38.5 Å². The van der Waals surface area contributed by atoms with Gasteiger partial charge >= 0.3 is 5.97 Å². The quantitative estimate of drug-likeness (QED) is 0.0320. The molecule has 440 valence electrons. The first-order valence-electron chi connectivity index (χ1n) is 33.9. The minimum atomic E-state index is -0.669. The molecule has 0 aliphatic carbocycles. The van der Waals surface area contributed by atoms with E-state index < -0.39 is 12.1 Å². The third-order valence-corrected chi connectivity index (χ3v) is 16.1. The highest BCUT2D eigenvalue weighted by molar-refractivity contribution is 5.76. The van der Waals surface area contributed by atoms with Crippen molar-refractivity contribution in [1.29, 1.82) is 0 Å². The second kappa shape index (κ2) is 64.1. The zero-order valence-corrected chi connectivity index (χ0v) is 50.4. The van der Waals surface area contributed by atoms with Gasteiger partial charge in [0.05, 0.1) is 25.4 Å². The van der Waals surface area contributed by atoms with E-state index in [1.54, 1.807) is 0 Å². The van der Waals surface area contributed by atoms with E-state index in [0.29, 0.717) is 25.9 Å². The van der Waals surface area contributed by atoms with Gasteiger partial charge in [-0.15, -0.1) is 0 Å². The monoisotopic (exact) mass is 1040 g/mol. The van der Waals surface area contributed by atoms with Crippen molar-refractivity contribution < 1.29 is 24.5 Å². The normalized spacial score (nSPS) is 12.5. The Morgan fingerprint density at radius 1 is 0.365 bits per heavy atom. The summed E-state index contributed by atoms with van der Waals surface area (Å²) in [5, 5.41) is 23.4. The Kier molecular flexibility index (Phi) is 62.9. The van der Waals surface area contributed by atoms with Crippen molar-refractivity contribution in [3.05, 3.63) is 12.2 Å². The second-order valence-electron chi connectivity index (χ2n) is 23.5. The highest BCUT2D eigenvalue weighted by Gasteiger charge is 2.20. The van der Waals surface area contributed by atoms with Crippen LogP contribution in [-0.2, 0) is 14.3 Å². The Hall–Kier alpha value is -1.40. The zero-order chi connectivity index (χ0) is 53.6. The fourth-order valence-corrected chi connectivity index (χ4v) is 10.9. The van der Waals surface area contributed by atoms with Gasteiger partial charge in [0, 0.05) is 12.8 Å². The molecular formula is C68H133NO5.